The van der Waals surface area contributed by atoms with E-state index in [9.17, 15) is 9.59 Å². The lowest BCUT2D eigenvalue weighted by Gasteiger charge is -2.08. The molecule has 146 valence electrons. The number of benzene rings is 2. The van der Waals surface area contributed by atoms with Crippen LogP contribution in [0, 0.1) is 20.8 Å². The van der Waals surface area contributed by atoms with Crippen molar-refractivity contribution < 1.29 is 4.79 Å². The second-order valence-corrected chi connectivity index (χ2v) is 7.04. The Hall–Kier alpha value is -3.81. The molecule has 2 aromatic heterocycles. The number of anilines is 1. The summed E-state index contributed by atoms with van der Waals surface area (Å²) in [7, 11) is 0. The minimum Gasteiger partial charge on any atom is -0.325 e. The van der Waals surface area contributed by atoms with Gasteiger partial charge in [-0.2, -0.15) is 4.68 Å². The van der Waals surface area contributed by atoms with E-state index in [1.807, 2.05) is 57.2 Å². The molecule has 0 unspecified atom stereocenters. The lowest BCUT2D eigenvalue weighted by molar-refractivity contribution is -0.116. The summed E-state index contributed by atoms with van der Waals surface area (Å²) in [5.41, 5.74) is 4.81. The summed E-state index contributed by atoms with van der Waals surface area (Å²) in [5.74, 6) is -0.319. The first kappa shape index (κ1) is 18.5. The normalized spacial score (nSPS) is 11.0. The van der Waals surface area contributed by atoms with Crippen LogP contribution in [-0.2, 0) is 11.3 Å². The lowest BCUT2D eigenvalue weighted by Crippen LogP contribution is -2.28. The van der Waals surface area contributed by atoms with Crippen LogP contribution >= 0.6 is 0 Å². The number of hydrogen-bond donors (Lipinski definition) is 1. The van der Waals surface area contributed by atoms with Crippen molar-refractivity contribution in [1.29, 1.82) is 0 Å². The first-order chi connectivity index (χ1) is 13.9. The van der Waals surface area contributed by atoms with Crippen molar-refractivity contribution >= 4 is 22.8 Å². The molecule has 0 aliphatic rings. The van der Waals surface area contributed by atoms with Gasteiger partial charge < -0.3 is 5.32 Å². The molecule has 0 saturated heterocycles. The van der Waals surface area contributed by atoms with Crippen molar-refractivity contribution in [2.45, 2.75) is 27.3 Å². The molecule has 1 N–H and O–H groups in total. The Morgan fingerprint density at radius 3 is 2.66 bits per heavy atom. The lowest BCUT2D eigenvalue weighted by atomic mass is 10.1. The highest BCUT2D eigenvalue weighted by Gasteiger charge is 2.15. The Kier molecular flexibility index (Phi) is 4.67. The fraction of sp³-hybridized carbons (Fsp3) is 0.190. The number of aromatic nitrogens is 5. The second kappa shape index (κ2) is 7.31. The third kappa shape index (κ3) is 3.64. The minimum absolute atomic E-state index is 0.120. The van der Waals surface area contributed by atoms with E-state index in [-0.39, 0.29) is 18.0 Å². The molecule has 29 heavy (non-hydrogen) atoms. The maximum Gasteiger partial charge on any atom is 0.284 e. The van der Waals surface area contributed by atoms with Gasteiger partial charge in [0.05, 0.1) is 5.69 Å². The van der Waals surface area contributed by atoms with Crippen molar-refractivity contribution in [1.82, 2.24) is 24.5 Å². The predicted molar refractivity (Wildman–Crippen MR) is 110 cm³/mol. The van der Waals surface area contributed by atoms with Gasteiger partial charge in [0, 0.05) is 5.69 Å². The molecule has 0 atom stereocenters. The number of carbonyl (C=O) groups is 1. The maximum atomic E-state index is 12.8. The molecular formula is C21H20N6O2. The van der Waals surface area contributed by atoms with E-state index >= 15 is 0 Å². The number of fused-ring (bicyclic) bond motifs is 1. The van der Waals surface area contributed by atoms with Gasteiger partial charge in [-0.25, -0.2) is 4.98 Å². The minimum atomic E-state index is -0.413. The Balaban J connectivity index is 1.62. The first-order valence-corrected chi connectivity index (χ1v) is 9.17. The molecule has 4 rings (SSSR count). The predicted octanol–water partition coefficient (Wildman–Crippen LogP) is 2.54. The van der Waals surface area contributed by atoms with Crippen molar-refractivity contribution in [2.24, 2.45) is 0 Å². The van der Waals surface area contributed by atoms with Gasteiger partial charge >= 0.3 is 0 Å². The molecule has 2 aromatic carbocycles. The van der Waals surface area contributed by atoms with Gasteiger partial charge in [-0.1, -0.05) is 23.4 Å². The number of nitrogens with one attached hydrogen (secondary N) is 1. The number of amides is 1. The Morgan fingerprint density at radius 1 is 1.07 bits per heavy atom. The largest absolute Gasteiger partial charge is 0.325 e. The van der Waals surface area contributed by atoms with Gasteiger partial charge in [0.25, 0.3) is 5.56 Å². The van der Waals surface area contributed by atoms with Crippen molar-refractivity contribution in [3.63, 3.8) is 0 Å². The van der Waals surface area contributed by atoms with E-state index in [0.717, 1.165) is 22.4 Å². The summed E-state index contributed by atoms with van der Waals surface area (Å²) in [6, 6.07) is 13.3. The number of aryl methyl sites for hydroxylation is 3. The van der Waals surface area contributed by atoms with Crippen LogP contribution in [0.1, 0.15) is 16.7 Å². The molecule has 0 bridgehead atoms. The number of rotatable bonds is 4. The average Bonchev–Trinajstić information content (AvgIpc) is 3.11. The van der Waals surface area contributed by atoms with E-state index in [1.54, 1.807) is 6.07 Å². The quantitative estimate of drug-likeness (QED) is 0.580. The van der Waals surface area contributed by atoms with Crippen LogP contribution in [-0.4, -0.2) is 30.5 Å². The highest BCUT2D eigenvalue weighted by molar-refractivity contribution is 5.90. The summed E-state index contributed by atoms with van der Waals surface area (Å²) in [4.78, 5) is 29.4. The highest BCUT2D eigenvalue weighted by atomic mass is 16.2. The molecule has 0 saturated carbocycles. The Labute approximate surface area is 166 Å². The zero-order chi connectivity index (χ0) is 20.5. The topological polar surface area (TPSA) is 94.7 Å². The molecule has 1 amide bonds. The highest BCUT2D eigenvalue weighted by Crippen LogP contribution is 2.16. The third-order valence-corrected chi connectivity index (χ3v) is 4.78. The van der Waals surface area contributed by atoms with Gasteiger partial charge in [-0.3, -0.25) is 14.2 Å². The van der Waals surface area contributed by atoms with Crippen LogP contribution in [0.4, 0.5) is 5.69 Å². The molecule has 0 spiro atoms. The molecule has 4 aromatic rings. The number of carbonyl (C=O) groups excluding carboxylic acids is 1. The molecule has 0 aliphatic carbocycles. The van der Waals surface area contributed by atoms with Gasteiger partial charge in [-0.15, -0.1) is 5.10 Å². The summed E-state index contributed by atoms with van der Waals surface area (Å²) in [6.45, 7) is 5.81. The van der Waals surface area contributed by atoms with Crippen LogP contribution in [0.3, 0.4) is 0 Å². The van der Waals surface area contributed by atoms with E-state index in [2.05, 4.69) is 20.6 Å². The molecule has 0 fully saturated rings. The molecule has 8 nitrogen and oxygen atoms in total. The van der Waals surface area contributed by atoms with E-state index < -0.39 is 5.56 Å². The zero-order valence-corrected chi connectivity index (χ0v) is 16.4. The smallest absolute Gasteiger partial charge is 0.284 e. The standard InChI is InChI=1S/C21H20N6O2/c1-13-5-4-6-16(9-13)23-18(28)11-26-12-22-20-19(21(26)29)24-25-27(20)17-8-7-14(2)15(3)10-17/h4-10,12H,11H2,1-3H3,(H,23,28). The second-order valence-electron chi connectivity index (χ2n) is 7.04. The zero-order valence-electron chi connectivity index (χ0n) is 16.4. The molecular weight excluding hydrogens is 368 g/mol. The van der Waals surface area contributed by atoms with Crippen LogP contribution in [0.2, 0.25) is 0 Å². The monoisotopic (exact) mass is 388 g/mol. The fourth-order valence-electron chi connectivity index (χ4n) is 3.07. The van der Waals surface area contributed by atoms with Crippen molar-refractivity contribution in [3.05, 3.63) is 75.8 Å². The Morgan fingerprint density at radius 2 is 1.90 bits per heavy atom. The van der Waals surface area contributed by atoms with E-state index in [1.165, 1.54) is 15.6 Å². The summed E-state index contributed by atoms with van der Waals surface area (Å²) in [5, 5.41) is 10.9. The van der Waals surface area contributed by atoms with Crippen molar-refractivity contribution in [3.8, 4) is 5.69 Å². The van der Waals surface area contributed by atoms with Gasteiger partial charge in [0.1, 0.15) is 12.9 Å². The molecule has 0 radical (unpaired) electrons. The first-order valence-electron chi connectivity index (χ1n) is 9.17. The fourth-order valence-corrected chi connectivity index (χ4v) is 3.07. The van der Waals surface area contributed by atoms with Crippen LogP contribution in [0.5, 0.6) is 0 Å². The van der Waals surface area contributed by atoms with E-state index in [0.29, 0.717) is 11.3 Å². The molecule has 2 heterocycles. The van der Waals surface area contributed by atoms with Gasteiger partial charge in [0.2, 0.25) is 5.91 Å². The van der Waals surface area contributed by atoms with Crippen LogP contribution in [0.25, 0.3) is 16.9 Å². The summed E-state index contributed by atoms with van der Waals surface area (Å²) in [6.07, 6.45) is 1.35. The molecule has 8 heteroatoms. The molecule has 0 aliphatic heterocycles. The average molecular weight is 388 g/mol. The third-order valence-electron chi connectivity index (χ3n) is 4.78. The van der Waals surface area contributed by atoms with Gasteiger partial charge in [0.15, 0.2) is 11.2 Å². The number of nitrogens with zero attached hydrogens (tertiary/aromatic N) is 5. The summed E-state index contributed by atoms with van der Waals surface area (Å²) >= 11 is 0. The van der Waals surface area contributed by atoms with Gasteiger partial charge in [-0.05, 0) is 61.7 Å². The summed E-state index contributed by atoms with van der Waals surface area (Å²) < 4.78 is 2.76. The van der Waals surface area contributed by atoms with Crippen LogP contribution in [0.15, 0.2) is 53.6 Å². The van der Waals surface area contributed by atoms with Crippen LogP contribution < -0.4 is 10.9 Å². The SMILES string of the molecule is Cc1cccc(NC(=O)Cn2cnc3c(nnn3-c3ccc(C)c(C)c3)c2=O)c1. The van der Waals surface area contributed by atoms with E-state index in [4.69, 9.17) is 0 Å². The van der Waals surface area contributed by atoms with Crippen molar-refractivity contribution in [2.75, 3.05) is 5.32 Å². The Bertz CT molecular complexity index is 1290. The number of hydrogen-bond acceptors (Lipinski definition) is 5. The maximum absolute atomic E-state index is 12.8.